The van der Waals surface area contributed by atoms with E-state index in [9.17, 15) is 14.7 Å². The lowest BCUT2D eigenvalue weighted by Crippen LogP contribution is -2.32. The first-order valence-electron chi connectivity index (χ1n) is 11.2. The van der Waals surface area contributed by atoms with Crippen LogP contribution in [0.1, 0.15) is 42.5 Å². The van der Waals surface area contributed by atoms with Gasteiger partial charge in [0.2, 0.25) is 0 Å². The van der Waals surface area contributed by atoms with E-state index >= 15 is 0 Å². The number of hydrogen-bond acceptors (Lipinski definition) is 5. The van der Waals surface area contributed by atoms with Crippen LogP contribution in [0.2, 0.25) is 0 Å². The summed E-state index contributed by atoms with van der Waals surface area (Å²) in [6, 6.07) is 12.2. The molecule has 0 spiro atoms. The van der Waals surface area contributed by atoms with Crippen molar-refractivity contribution in [2.24, 2.45) is 0 Å². The highest BCUT2D eigenvalue weighted by atomic mass is 79.9. The lowest BCUT2D eigenvalue weighted by Gasteiger charge is -2.26. The first-order chi connectivity index (χ1) is 15.7. The molecule has 176 valence electrons. The fourth-order valence-electron chi connectivity index (χ4n) is 4.02. The molecule has 1 fully saturated rings. The molecule has 0 bridgehead atoms. The smallest absolute Gasteiger partial charge is 0.295 e. The number of hydrogen-bond donors (Lipinski definition) is 1. The number of Topliss-reactive ketones (excluding diaryl/α,β-unsaturated/α-hetero) is 1. The number of likely N-dealkylation sites (tertiary alicyclic amines) is 1. The number of amides is 1. The number of aliphatic hydroxyl groups is 1. The van der Waals surface area contributed by atoms with Gasteiger partial charge in [-0.3, -0.25) is 9.59 Å². The molecular formula is C26H31BrN2O4. The number of carbonyl (C=O) groups excluding carboxylic acids is 2. The van der Waals surface area contributed by atoms with Crippen molar-refractivity contribution in [2.75, 3.05) is 33.8 Å². The van der Waals surface area contributed by atoms with Crippen LogP contribution in [0.15, 0.2) is 52.5 Å². The highest BCUT2D eigenvalue weighted by Gasteiger charge is 2.45. The van der Waals surface area contributed by atoms with Crippen LogP contribution < -0.4 is 4.74 Å². The molecule has 1 atom stereocenters. The second-order valence-corrected chi connectivity index (χ2v) is 9.44. The maximum Gasteiger partial charge on any atom is 0.295 e. The standard InChI is InChI=1S/C26H31BrN2O4/c1-5-15-33-20-11-12-21(17(2)16-20)24(30)22-23(18-7-9-19(27)10-8-18)29(26(32)25(22)31)14-6-13-28(3)4/h7-12,16,23,30H,5-6,13-15H2,1-4H3/b24-22+. The summed E-state index contributed by atoms with van der Waals surface area (Å²) in [7, 11) is 3.94. The second kappa shape index (κ2) is 11.0. The molecule has 1 amide bonds. The maximum absolute atomic E-state index is 13.1. The predicted octanol–water partition coefficient (Wildman–Crippen LogP) is 4.92. The van der Waals surface area contributed by atoms with E-state index in [1.807, 2.05) is 63.2 Å². The number of aryl methyl sites for hydroxylation is 1. The van der Waals surface area contributed by atoms with Crippen molar-refractivity contribution in [1.29, 1.82) is 0 Å². The minimum Gasteiger partial charge on any atom is -0.507 e. The van der Waals surface area contributed by atoms with E-state index in [1.165, 1.54) is 0 Å². The summed E-state index contributed by atoms with van der Waals surface area (Å²) in [6.45, 7) is 5.70. The Bertz CT molecular complexity index is 1050. The van der Waals surface area contributed by atoms with Crippen LogP contribution in [0.3, 0.4) is 0 Å². The highest BCUT2D eigenvalue weighted by Crippen LogP contribution is 2.40. The van der Waals surface area contributed by atoms with Gasteiger partial charge in [0.1, 0.15) is 11.5 Å². The quantitative estimate of drug-likeness (QED) is 0.292. The molecule has 3 rings (SSSR count). The Morgan fingerprint density at radius 3 is 2.45 bits per heavy atom. The van der Waals surface area contributed by atoms with Crippen molar-refractivity contribution in [3.63, 3.8) is 0 Å². The van der Waals surface area contributed by atoms with E-state index in [2.05, 4.69) is 15.9 Å². The lowest BCUT2D eigenvalue weighted by molar-refractivity contribution is -0.139. The third-order valence-electron chi connectivity index (χ3n) is 5.66. The molecule has 1 heterocycles. The van der Waals surface area contributed by atoms with E-state index in [0.29, 0.717) is 24.5 Å². The fourth-order valence-corrected chi connectivity index (χ4v) is 4.28. The topological polar surface area (TPSA) is 70.1 Å². The third-order valence-corrected chi connectivity index (χ3v) is 6.18. The molecule has 1 saturated heterocycles. The van der Waals surface area contributed by atoms with Crippen LogP contribution in [0.4, 0.5) is 0 Å². The van der Waals surface area contributed by atoms with Gasteiger partial charge in [0.25, 0.3) is 11.7 Å². The highest BCUT2D eigenvalue weighted by molar-refractivity contribution is 9.10. The van der Waals surface area contributed by atoms with Crippen LogP contribution in [-0.2, 0) is 9.59 Å². The van der Waals surface area contributed by atoms with Gasteiger partial charge >= 0.3 is 0 Å². The van der Waals surface area contributed by atoms with E-state index in [0.717, 1.165) is 35.0 Å². The molecule has 2 aromatic rings. The number of nitrogens with zero attached hydrogens (tertiary/aromatic N) is 2. The Morgan fingerprint density at radius 1 is 1.15 bits per heavy atom. The normalized spacial score (nSPS) is 17.8. The van der Waals surface area contributed by atoms with Crippen molar-refractivity contribution in [2.45, 2.75) is 32.7 Å². The number of carbonyl (C=O) groups is 2. The van der Waals surface area contributed by atoms with Gasteiger partial charge < -0.3 is 19.6 Å². The zero-order valence-corrected chi connectivity index (χ0v) is 21.2. The van der Waals surface area contributed by atoms with Gasteiger partial charge in [-0.15, -0.1) is 0 Å². The van der Waals surface area contributed by atoms with Crippen molar-refractivity contribution >= 4 is 33.4 Å². The monoisotopic (exact) mass is 514 g/mol. The lowest BCUT2D eigenvalue weighted by atomic mass is 9.94. The largest absolute Gasteiger partial charge is 0.507 e. The van der Waals surface area contributed by atoms with E-state index < -0.39 is 17.7 Å². The summed E-state index contributed by atoms with van der Waals surface area (Å²) in [5.74, 6) is -0.685. The minimum absolute atomic E-state index is 0.123. The second-order valence-electron chi connectivity index (χ2n) is 8.53. The molecule has 6 nitrogen and oxygen atoms in total. The zero-order chi connectivity index (χ0) is 24.1. The molecule has 0 aromatic heterocycles. The zero-order valence-electron chi connectivity index (χ0n) is 19.6. The van der Waals surface area contributed by atoms with Crippen molar-refractivity contribution < 1.29 is 19.4 Å². The number of ketones is 1. The van der Waals surface area contributed by atoms with Gasteiger partial charge in [0.15, 0.2) is 0 Å². The average molecular weight is 515 g/mol. The van der Waals surface area contributed by atoms with E-state index in [-0.39, 0.29) is 11.3 Å². The summed E-state index contributed by atoms with van der Waals surface area (Å²) >= 11 is 3.44. The first kappa shape index (κ1) is 25.0. The van der Waals surface area contributed by atoms with Crippen LogP contribution in [-0.4, -0.2) is 60.4 Å². The van der Waals surface area contributed by atoms with Gasteiger partial charge in [-0.25, -0.2) is 0 Å². The number of rotatable bonds is 9. The van der Waals surface area contributed by atoms with Gasteiger partial charge in [-0.1, -0.05) is 35.0 Å². The van der Waals surface area contributed by atoms with Crippen LogP contribution in [0.25, 0.3) is 5.76 Å². The summed E-state index contributed by atoms with van der Waals surface area (Å²) in [5, 5.41) is 11.3. The van der Waals surface area contributed by atoms with Gasteiger partial charge in [-0.05, 0) is 81.9 Å². The number of ether oxygens (including phenoxy) is 1. The summed E-state index contributed by atoms with van der Waals surface area (Å²) in [5.41, 5.74) is 2.20. The molecule has 33 heavy (non-hydrogen) atoms. The molecule has 1 aliphatic heterocycles. The minimum atomic E-state index is -0.656. The Balaban J connectivity index is 2.06. The fraction of sp³-hybridized carbons (Fsp3) is 0.385. The molecule has 7 heteroatoms. The molecule has 1 aliphatic rings. The Hall–Kier alpha value is -2.64. The first-order valence-corrected chi connectivity index (χ1v) is 12.0. The Morgan fingerprint density at radius 2 is 1.85 bits per heavy atom. The summed E-state index contributed by atoms with van der Waals surface area (Å²) in [6.07, 6.45) is 1.61. The van der Waals surface area contributed by atoms with Gasteiger partial charge in [0.05, 0.1) is 18.2 Å². The van der Waals surface area contributed by atoms with Crippen LogP contribution in [0.5, 0.6) is 5.75 Å². The van der Waals surface area contributed by atoms with Gasteiger partial charge in [-0.2, -0.15) is 0 Å². The van der Waals surface area contributed by atoms with Crippen molar-refractivity contribution in [3.8, 4) is 5.75 Å². The molecule has 0 saturated carbocycles. The van der Waals surface area contributed by atoms with Crippen molar-refractivity contribution in [3.05, 3.63) is 69.2 Å². The summed E-state index contributed by atoms with van der Waals surface area (Å²) in [4.78, 5) is 29.8. The number of halogens is 1. The molecule has 0 radical (unpaired) electrons. The van der Waals surface area contributed by atoms with Crippen molar-refractivity contribution in [1.82, 2.24) is 9.80 Å². The Kier molecular flexibility index (Phi) is 8.32. The third kappa shape index (κ3) is 5.65. The molecular weight excluding hydrogens is 484 g/mol. The molecule has 1 N–H and O–H groups in total. The summed E-state index contributed by atoms with van der Waals surface area (Å²) < 4.78 is 6.58. The predicted molar refractivity (Wildman–Crippen MR) is 133 cm³/mol. The maximum atomic E-state index is 13.1. The molecule has 2 aromatic carbocycles. The van der Waals surface area contributed by atoms with Crippen LogP contribution in [0, 0.1) is 6.92 Å². The van der Waals surface area contributed by atoms with Crippen LogP contribution >= 0.6 is 15.9 Å². The SMILES string of the molecule is CCCOc1ccc(/C(O)=C2\C(=O)C(=O)N(CCCN(C)C)C2c2ccc(Br)cc2)c(C)c1. The van der Waals surface area contributed by atoms with E-state index in [1.54, 1.807) is 17.0 Å². The van der Waals surface area contributed by atoms with Gasteiger partial charge in [0, 0.05) is 16.6 Å². The average Bonchev–Trinajstić information content (AvgIpc) is 3.02. The molecule has 1 unspecified atom stereocenters. The molecule has 0 aliphatic carbocycles. The number of aliphatic hydroxyl groups excluding tert-OH is 1. The number of benzene rings is 2. The van der Waals surface area contributed by atoms with E-state index in [4.69, 9.17) is 4.74 Å². The Labute approximate surface area is 204 Å².